The predicted octanol–water partition coefficient (Wildman–Crippen LogP) is 5.53. The van der Waals surface area contributed by atoms with Crippen LogP contribution in [0.1, 0.15) is 74.0 Å². The zero-order chi connectivity index (χ0) is 33.6. The summed E-state index contributed by atoms with van der Waals surface area (Å²) in [5.41, 5.74) is 4.19. The normalized spacial score (nSPS) is 16.0. The third-order valence-corrected chi connectivity index (χ3v) is 9.40. The zero-order valence-electron chi connectivity index (χ0n) is 27.6. The van der Waals surface area contributed by atoms with Gasteiger partial charge in [0, 0.05) is 56.7 Å². The molecule has 0 spiro atoms. The van der Waals surface area contributed by atoms with Crippen LogP contribution in [0.25, 0.3) is 0 Å². The van der Waals surface area contributed by atoms with Gasteiger partial charge in [0.25, 0.3) is 17.7 Å². The van der Waals surface area contributed by atoms with Gasteiger partial charge in [-0.25, -0.2) is 0 Å². The number of imide groups is 1. The Labute approximate surface area is 281 Å². The second-order valence-electron chi connectivity index (χ2n) is 12.1. The van der Waals surface area contributed by atoms with Crippen LogP contribution in [-0.4, -0.2) is 79.4 Å². The monoisotopic (exact) mass is 647 g/mol. The Morgan fingerprint density at radius 3 is 2.27 bits per heavy atom. The molecule has 0 aliphatic carbocycles. The molecule has 10 nitrogen and oxygen atoms in total. The summed E-state index contributed by atoms with van der Waals surface area (Å²) in [6, 6.07) is 24.5. The van der Waals surface area contributed by atoms with Crippen LogP contribution in [0.2, 0.25) is 0 Å². The highest BCUT2D eigenvalue weighted by molar-refractivity contribution is 6.24. The van der Waals surface area contributed by atoms with Crippen LogP contribution >= 0.6 is 0 Å². The van der Waals surface area contributed by atoms with Crippen molar-refractivity contribution in [2.24, 2.45) is 0 Å². The third kappa shape index (κ3) is 6.61. The summed E-state index contributed by atoms with van der Waals surface area (Å²) in [4.78, 5) is 51.2. The van der Waals surface area contributed by atoms with Crippen LogP contribution in [0.4, 0.5) is 5.69 Å². The summed E-state index contributed by atoms with van der Waals surface area (Å²) >= 11 is 0. The van der Waals surface area contributed by atoms with E-state index in [-0.39, 0.29) is 23.8 Å². The molecule has 48 heavy (non-hydrogen) atoms. The maximum absolute atomic E-state index is 14.4. The van der Waals surface area contributed by atoms with E-state index < -0.39 is 6.04 Å². The molecule has 0 radical (unpaired) electrons. The molecule has 0 bridgehead atoms. The van der Waals surface area contributed by atoms with Crippen molar-refractivity contribution in [3.05, 3.63) is 119 Å². The number of piperazine rings is 1. The summed E-state index contributed by atoms with van der Waals surface area (Å²) < 4.78 is 11.0. The number of hydrogen-bond acceptors (Lipinski definition) is 8. The number of nitrogens with one attached hydrogen (secondary N) is 1. The quantitative estimate of drug-likeness (QED) is 0.158. The first-order valence-corrected chi connectivity index (χ1v) is 16.4. The molecule has 2 atom stereocenters. The van der Waals surface area contributed by atoms with Gasteiger partial charge in [-0.2, -0.15) is 0 Å². The highest BCUT2D eigenvalue weighted by Crippen LogP contribution is 2.40. The number of amides is 3. The summed E-state index contributed by atoms with van der Waals surface area (Å²) in [5, 5.41) is 2.94. The van der Waals surface area contributed by atoms with Gasteiger partial charge in [0.2, 0.25) is 0 Å². The fraction of sp³-hybridized carbons (Fsp3) is 0.316. The number of carbonyl (C=O) groups is 3. The van der Waals surface area contributed by atoms with Gasteiger partial charge < -0.3 is 19.7 Å². The molecule has 3 heterocycles. The lowest BCUT2D eigenvalue weighted by atomic mass is 9.99. The number of ether oxygens (including phenoxy) is 2. The van der Waals surface area contributed by atoms with Gasteiger partial charge in [-0.15, -0.1) is 0 Å². The molecule has 3 amide bonds. The van der Waals surface area contributed by atoms with E-state index in [1.54, 1.807) is 50.9 Å². The molecule has 10 heteroatoms. The van der Waals surface area contributed by atoms with Gasteiger partial charge >= 0.3 is 0 Å². The van der Waals surface area contributed by atoms with Crippen molar-refractivity contribution in [1.82, 2.24) is 20.1 Å². The first-order chi connectivity index (χ1) is 23.4. The van der Waals surface area contributed by atoms with E-state index >= 15 is 0 Å². The van der Waals surface area contributed by atoms with Crippen molar-refractivity contribution >= 4 is 23.4 Å². The number of methoxy groups -OCH3 is 2. The van der Waals surface area contributed by atoms with Crippen LogP contribution in [0.15, 0.2) is 91.3 Å². The lowest BCUT2D eigenvalue weighted by Crippen LogP contribution is -2.47. The Bertz CT molecular complexity index is 1760. The summed E-state index contributed by atoms with van der Waals surface area (Å²) in [6.07, 6.45) is 4.11. The van der Waals surface area contributed by atoms with E-state index in [0.29, 0.717) is 47.6 Å². The Balaban J connectivity index is 1.22. The molecule has 2 aliphatic heterocycles. The molecular formula is C38H41N5O5. The second-order valence-corrected chi connectivity index (χ2v) is 12.1. The average molecular weight is 648 g/mol. The minimum Gasteiger partial charge on any atom is -0.493 e. The number of aromatic nitrogens is 1. The summed E-state index contributed by atoms with van der Waals surface area (Å²) in [6.45, 7) is 5.75. The topological polar surface area (TPSA) is 104 Å². The van der Waals surface area contributed by atoms with Crippen molar-refractivity contribution in [1.29, 1.82) is 0 Å². The average Bonchev–Trinajstić information content (AvgIpc) is 3.40. The highest BCUT2D eigenvalue weighted by Gasteiger charge is 2.43. The van der Waals surface area contributed by atoms with Crippen LogP contribution in [0.3, 0.4) is 0 Å². The largest absolute Gasteiger partial charge is 0.493 e. The van der Waals surface area contributed by atoms with Crippen molar-refractivity contribution in [3.63, 3.8) is 0 Å². The minimum atomic E-state index is -0.591. The molecule has 6 rings (SSSR count). The molecule has 1 unspecified atom stereocenters. The highest BCUT2D eigenvalue weighted by atomic mass is 16.5. The summed E-state index contributed by atoms with van der Waals surface area (Å²) in [5.74, 6) is 0.213. The first kappa shape index (κ1) is 32.7. The van der Waals surface area contributed by atoms with E-state index in [9.17, 15) is 14.4 Å². The zero-order valence-corrected chi connectivity index (χ0v) is 27.6. The summed E-state index contributed by atoms with van der Waals surface area (Å²) in [7, 11) is 3.12. The second kappa shape index (κ2) is 14.7. The molecular weight excluding hydrogens is 606 g/mol. The maximum atomic E-state index is 14.4. The van der Waals surface area contributed by atoms with Gasteiger partial charge in [-0.05, 0) is 67.3 Å². The Hall–Kier alpha value is -5.22. The molecule has 4 aromatic rings. The number of benzene rings is 3. The molecule has 2 aliphatic rings. The van der Waals surface area contributed by atoms with Gasteiger partial charge in [0.1, 0.15) is 0 Å². The van der Waals surface area contributed by atoms with Crippen LogP contribution in [0.5, 0.6) is 11.5 Å². The number of hydrogen-bond donors (Lipinski definition) is 1. The van der Waals surface area contributed by atoms with Crippen LogP contribution in [0, 0.1) is 0 Å². The number of fused-ring (bicyclic) bond motifs is 1. The Morgan fingerprint density at radius 2 is 1.56 bits per heavy atom. The fourth-order valence-electron chi connectivity index (χ4n) is 6.73. The standard InChI is InChI=1S/C38H41N5O5/c1-26(27-9-5-4-6-10-27)41-21-23-42(24-22-41)32-12-7-11-30-35(32)38(46)43(37(30)45)31(29-14-15-33(47-2)34(25-29)48-3)13-8-18-40-36(44)28-16-19-39-20-17-28/h4-7,9-12,14-17,19-20,25-26,31H,8,13,18,21-24H2,1-3H3,(H,40,44)/t26-,31?/m1/s1. The maximum Gasteiger partial charge on any atom is 0.264 e. The van der Waals surface area contributed by atoms with E-state index in [0.717, 1.165) is 37.4 Å². The Morgan fingerprint density at radius 1 is 0.833 bits per heavy atom. The van der Waals surface area contributed by atoms with Gasteiger partial charge in [-0.3, -0.25) is 29.2 Å². The van der Waals surface area contributed by atoms with Crippen molar-refractivity contribution < 1.29 is 23.9 Å². The molecule has 0 saturated carbocycles. The van der Waals surface area contributed by atoms with E-state index in [1.165, 1.54) is 10.5 Å². The van der Waals surface area contributed by atoms with Crippen LogP contribution in [-0.2, 0) is 0 Å². The predicted molar refractivity (Wildman–Crippen MR) is 184 cm³/mol. The van der Waals surface area contributed by atoms with Gasteiger partial charge in [0.15, 0.2) is 11.5 Å². The lowest BCUT2D eigenvalue weighted by Gasteiger charge is -2.39. The number of carbonyl (C=O) groups excluding carboxylic acids is 3. The lowest BCUT2D eigenvalue weighted by molar-refractivity contribution is 0.0570. The fourth-order valence-corrected chi connectivity index (χ4v) is 6.73. The smallest absolute Gasteiger partial charge is 0.264 e. The number of anilines is 1. The number of rotatable bonds is 12. The van der Waals surface area contributed by atoms with Gasteiger partial charge in [0.05, 0.1) is 37.1 Å². The minimum absolute atomic E-state index is 0.205. The van der Waals surface area contributed by atoms with Gasteiger partial charge in [-0.1, -0.05) is 42.5 Å². The molecule has 1 saturated heterocycles. The van der Waals surface area contributed by atoms with E-state index in [4.69, 9.17) is 9.47 Å². The van der Waals surface area contributed by atoms with Crippen molar-refractivity contribution in [2.75, 3.05) is 51.8 Å². The SMILES string of the molecule is COc1ccc(C(CCCNC(=O)c2ccncc2)N2C(=O)c3cccc(N4CCN([C@H](C)c5ccccc5)CC4)c3C2=O)cc1OC. The molecule has 1 aromatic heterocycles. The molecule has 1 fully saturated rings. The van der Waals surface area contributed by atoms with Crippen molar-refractivity contribution in [2.45, 2.75) is 31.8 Å². The van der Waals surface area contributed by atoms with E-state index in [2.05, 4.69) is 51.3 Å². The Kier molecular flexibility index (Phi) is 10.0. The third-order valence-electron chi connectivity index (χ3n) is 9.40. The first-order valence-electron chi connectivity index (χ1n) is 16.4. The number of pyridine rings is 1. The molecule has 1 N–H and O–H groups in total. The number of nitrogens with zero attached hydrogens (tertiary/aromatic N) is 4. The van der Waals surface area contributed by atoms with Crippen molar-refractivity contribution in [3.8, 4) is 11.5 Å². The molecule has 248 valence electrons. The molecule has 3 aromatic carbocycles. The van der Waals surface area contributed by atoms with E-state index in [1.807, 2.05) is 30.3 Å². The van der Waals surface area contributed by atoms with Crippen LogP contribution < -0.4 is 19.7 Å².